The summed E-state index contributed by atoms with van der Waals surface area (Å²) in [6.45, 7) is 1.89. The standard InChI is InChI=1S/C19H20O3S/c1-2-16-17(20)13-18(14-9-5-3-6-10-14)23(21,22)19(16)15-11-7-4-8-12-15/h3-12,16,18-19H,2,13H2,1H3/t16-,18-,19-/m1/s1. The van der Waals surface area contributed by atoms with E-state index in [1.54, 1.807) is 12.1 Å². The molecule has 0 spiro atoms. The highest BCUT2D eigenvalue weighted by Gasteiger charge is 2.48. The SMILES string of the molecule is CC[C@@H]1C(=O)C[C@H](c2ccccc2)S(=O)(=O)[C@@H]1c1ccccc1. The van der Waals surface area contributed by atoms with Crippen LogP contribution in [0, 0.1) is 5.92 Å². The Morgan fingerprint density at radius 2 is 1.43 bits per heavy atom. The molecule has 2 aromatic rings. The average molecular weight is 328 g/mol. The fourth-order valence-electron chi connectivity index (χ4n) is 3.51. The summed E-state index contributed by atoms with van der Waals surface area (Å²) in [5, 5.41) is -1.50. The second-order valence-electron chi connectivity index (χ2n) is 6.00. The Kier molecular flexibility index (Phi) is 4.35. The third-order valence-corrected chi connectivity index (χ3v) is 7.20. The number of hydrogen-bond donors (Lipinski definition) is 0. The Morgan fingerprint density at radius 1 is 0.913 bits per heavy atom. The van der Waals surface area contributed by atoms with Crippen LogP contribution in [0.25, 0.3) is 0 Å². The first-order valence-corrected chi connectivity index (χ1v) is 9.52. The second-order valence-corrected chi connectivity index (χ2v) is 8.26. The van der Waals surface area contributed by atoms with Crippen molar-refractivity contribution in [3.05, 3.63) is 71.8 Å². The smallest absolute Gasteiger partial charge is 0.165 e. The highest BCUT2D eigenvalue weighted by molar-refractivity contribution is 7.92. The summed E-state index contributed by atoms with van der Waals surface area (Å²) in [4.78, 5) is 12.6. The first-order valence-electron chi connectivity index (χ1n) is 7.91. The fraction of sp³-hybridized carbons (Fsp3) is 0.316. The molecule has 1 aliphatic rings. The van der Waals surface area contributed by atoms with Crippen molar-refractivity contribution in [1.82, 2.24) is 0 Å². The molecule has 1 heterocycles. The number of carbonyl (C=O) groups is 1. The largest absolute Gasteiger partial charge is 0.299 e. The van der Waals surface area contributed by atoms with Gasteiger partial charge in [-0.25, -0.2) is 8.42 Å². The van der Waals surface area contributed by atoms with Crippen LogP contribution in [0.2, 0.25) is 0 Å². The van der Waals surface area contributed by atoms with Gasteiger partial charge >= 0.3 is 0 Å². The highest BCUT2D eigenvalue weighted by Crippen LogP contribution is 2.47. The van der Waals surface area contributed by atoms with E-state index in [2.05, 4.69) is 0 Å². The lowest BCUT2D eigenvalue weighted by atomic mass is 9.88. The quantitative estimate of drug-likeness (QED) is 0.859. The maximum atomic E-state index is 13.3. The van der Waals surface area contributed by atoms with Crippen LogP contribution in [-0.2, 0) is 14.6 Å². The van der Waals surface area contributed by atoms with Gasteiger partial charge < -0.3 is 0 Å². The molecule has 1 fully saturated rings. The molecule has 0 radical (unpaired) electrons. The summed E-state index contributed by atoms with van der Waals surface area (Å²) in [6, 6.07) is 18.2. The van der Waals surface area contributed by atoms with Gasteiger partial charge in [0.15, 0.2) is 9.84 Å². The molecule has 0 unspecified atom stereocenters. The van der Waals surface area contributed by atoms with Gasteiger partial charge in [-0.15, -0.1) is 0 Å². The maximum absolute atomic E-state index is 13.3. The molecule has 0 aromatic heterocycles. The molecule has 1 saturated heterocycles. The summed E-state index contributed by atoms with van der Waals surface area (Å²) >= 11 is 0. The summed E-state index contributed by atoms with van der Waals surface area (Å²) < 4.78 is 26.6. The number of Topliss-reactive ketones (excluding diaryl/α,β-unsaturated/α-hetero) is 1. The van der Waals surface area contributed by atoms with E-state index in [-0.39, 0.29) is 12.2 Å². The van der Waals surface area contributed by atoms with Crippen LogP contribution in [0.5, 0.6) is 0 Å². The molecule has 4 heteroatoms. The summed E-state index contributed by atoms with van der Waals surface area (Å²) in [5.74, 6) is -0.410. The molecule has 2 aromatic carbocycles. The van der Waals surface area contributed by atoms with Crippen molar-refractivity contribution in [1.29, 1.82) is 0 Å². The normalized spacial score (nSPS) is 26.8. The van der Waals surface area contributed by atoms with Gasteiger partial charge in [-0.2, -0.15) is 0 Å². The second kappa shape index (κ2) is 6.28. The Balaban J connectivity index is 2.13. The molecule has 23 heavy (non-hydrogen) atoms. The van der Waals surface area contributed by atoms with E-state index in [4.69, 9.17) is 0 Å². The van der Waals surface area contributed by atoms with Crippen LogP contribution in [0.4, 0.5) is 0 Å². The van der Waals surface area contributed by atoms with Crippen molar-refractivity contribution >= 4 is 15.6 Å². The van der Waals surface area contributed by atoms with E-state index in [0.29, 0.717) is 17.5 Å². The van der Waals surface area contributed by atoms with Gasteiger partial charge in [0.05, 0.1) is 10.5 Å². The van der Waals surface area contributed by atoms with E-state index in [1.807, 2.05) is 55.5 Å². The number of sulfone groups is 1. The van der Waals surface area contributed by atoms with E-state index >= 15 is 0 Å². The number of benzene rings is 2. The first kappa shape index (κ1) is 15.9. The Morgan fingerprint density at radius 3 is 1.96 bits per heavy atom. The summed E-state index contributed by atoms with van der Waals surface area (Å²) in [5.41, 5.74) is 1.42. The monoisotopic (exact) mass is 328 g/mol. The molecule has 0 bridgehead atoms. The van der Waals surface area contributed by atoms with Crippen molar-refractivity contribution in [2.24, 2.45) is 5.92 Å². The number of carbonyl (C=O) groups excluding carboxylic acids is 1. The molecular formula is C19H20O3S. The van der Waals surface area contributed by atoms with E-state index in [9.17, 15) is 13.2 Å². The minimum absolute atomic E-state index is 0.0463. The van der Waals surface area contributed by atoms with Crippen LogP contribution in [0.3, 0.4) is 0 Å². The first-order chi connectivity index (χ1) is 11.1. The molecule has 3 nitrogen and oxygen atoms in total. The average Bonchev–Trinajstić information content (AvgIpc) is 2.57. The molecule has 3 rings (SSSR count). The minimum atomic E-state index is -3.49. The van der Waals surface area contributed by atoms with Gasteiger partial charge in [0, 0.05) is 12.3 Å². The maximum Gasteiger partial charge on any atom is 0.165 e. The zero-order valence-electron chi connectivity index (χ0n) is 13.1. The van der Waals surface area contributed by atoms with Crippen LogP contribution >= 0.6 is 0 Å². The Bertz CT molecular complexity index is 782. The Hall–Kier alpha value is -1.94. The third kappa shape index (κ3) is 2.83. The van der Waals surface area contributed by atoms with Crippen molar-refractivity contribution < 1.29 is 13.2 Å². The van der Waals surface area contributed by atoms with E-state index in [0.717, 1.165) is 0 Å². The summed E-state index contributed by atoms with van der Waals surface area (Å²) in [6.07, 6.45) is 0.618. The van der Waals surface area contributed by atoms with Crippen molar-refractivity contribution in [3.8, 4) is 0 Å². The van der Waals surface area contributed by atoms with Crippen LogP contribution in [0.15, 0.2) is 60.7 Å². The molecule has 3 atom stereocenters. The van der Waals surface area contributed by atoms with Crippen LogP contribution in [-0.4, -0.2) is 14.2 Å². The molecule has 1 aliphatic heterocycles. The lowest BCUT2D eigenvalue weighted by Crippen LogP contribution is -2.38. The number of rotatable bonds is 3. The van der Waals surface area contributed by atoms with Crippen LogP contribution < -0.4 is 0 Å². The topological polar surface area (TPSA) is 51.2 Å². The lowest BCUT2D eigenvalue weighted by Gasteiger charge is -2.35. The highest BCUT2D eigenvalue weighted by atomic mass is 32.2. The zero-order chi connectivity index (χ0) is 16.4. The van der Waals surface area contributed by atoms with Crippen molar-refractivity contribution in [2.75, 3.05) is 0 Å². The van der Waals surface area contributed by atoms with Crippen LogP contribution in [0.1, 0.15) is 41.4 Å². The van der Waals surface area contributed by atoms with Gasteiger partial charge in [0.25, 0.3) is 0 Å². The fourth-order valence-corrected chi connectivity index (χ4v) is 6.13. The molecule has 120 valence electrons. The van der Waals surface area contributed by atoms with Gasteiger partial charge in [-0.1, -0.05) is 67.6 Å². The molecule has 0 aliphatic carbocycles. The molecule has 0 saturated carbocycles. The number of hydrogen-bond acceptors (Lipinski definition) is 3. The van der Waals surface area contributed by atoms with Crippen molar-refractivity contribution in [3.63, 3.8) is 0 Å². The van der Waals surface area contributed by atoms with Gasteiger partial charge in [0.2, 0.25) is 0 Å². The molecule has 0 amide bonds. The molecular weight excluding hydrogens is 308 g/mol. The van der Waals surface area contributed by atoms with Crippen molar-refractivity contribution in [2.45, 2.75) is 30.3 Å². The predicted molar refractivity (Wildman–Crippen MR) is 90.7 cm³/mol. The predicted octanol–water partition coefficient (Wildman–Crippen LogP) is 3.88. The number of ketones is 1. The van der Waals surface area contributed by atoms with E-state index in [1.165, 1.54) is 0 Å². The minimum Gasteiger partial charge on any atom is -0.299 e. The van der Waals surface area contributed by atoms with Gasteiger partial charge in [-0.3, -0.25) is 4.79 Å². The Labute approximate surface area is 137 Å². The summed E-state index contributed by atoms with van der Waals surface area (Å²) in [7, 11) is -3.49. The van der Waals surface area contributed by atoms with Gasteiger partial charge in [0.1, 0.15) is 5.78 Å². The molecule has 0 N–H and O–H groups in total. The van der Waals surface area contributed by atoms with E-state index < -0.39 is 26.3 Å². The third-order valence-electron chi connectivity index (χ3n) is 4.66. The van der Waals surface area contributed by atoms with Gasteiger partial charge in [-0.05, 0) is 17.5 Å². The zero-order valence-corrected chi connectivity index (χ0v) is 13.9. The lowest BCUT2D eigenvalue weighted by molar-refractivity contribution is -0.123.